The number of nitrogens with zero attached hydrogens (tertiary/aromatic N) is 2. The van der Waals surface area contributed by atoms with Gasteiger partial charge in [-0.2, -0.15) is 0 Å². The second-order valence-corrected chi connectivity index (χ2v) is 8.05. The van der Waals surface area contributed by atoms with Gasteiger partial charge < -0.3 is 14.9 Å². The van der Waals surface area contributed by atoms with Crippen LogP contribution < -0.4 is 5.32 Å². The maximum absolute atomic E-state index is 12.9. The van der Waals surface area contributed by atoms with Gasteiger partial charge >= 0.3 is 6.09 Å². The molecule has 0 saturated carbocycles. The van der Waals surface area contributed by atoms with E-state index in [1.165, 1.54) is 0 Å². The standard InChI is InChI=1S/C21H21BrClN3O4/c22-19-12-17(30-25-19)13-26(23)20(27)18(11-15-7-3-1-4-8-15)24-21(28)29-14-16-9-5-2-6-10-16/h1-10,17-18H,11-14H2,(H,24,28)/t17?,18-/m0/s1. The summed E-state index contributed by atoms with van der Waals surface area (Å²) in [4.78, 5) is 30.5. The number of carbonyl (C=O) groups is 2. The van der Waals surface area contributed by atoms with Crippen LogP contribution in [0.15, 0.2) is 65.8 Å². The molecule has 2 amide bonds. The first-order valence-corrected chi connectivity index (χ1v) is 10.5. The highest BCUT2D eigenvalue weighted by Crippen LogP contribution is 2.17. The summed E-state index contributed by atoms with van der Waals surface area (Å²) in [6, 6.07) is 17.8. The van der Waals surface area contributed by atoms with Crippen LogP contribution in [0.25, 0.3) is 0 Å². The molecule has 9 heteroatoms. The minimum atomic E-state index is -0.890. The quantitative estimate of drug-likeness (QED) is 0.563. The van der Waals surface area contributed by atoms with Crippen molar-refractivity contribution < 1.29 is 19.2 Å². The zero-order valence-electron chi connectivity index (χ0n) is 16.0. The van der Waals surface area contributed by atoms with E-state index in [1.54, 1.807) is 0 Å². The third-order valence-electron chi connectivity index (χ3n) is 4.39. The number of halogens is 2. The van der Waals surface area contributed by atoms with Gasteiger partial charge in [-0.05, 0) is 27.1 Å². The third kappa shape index (κ3) is 6.74. The van der Waals surface area contributed by atoms with E-state index in [-0.39, 0.29) is 25.7 Å². The van der Waals surface area contributed by atoms with Crippen molar-refractivity contribution in [1.82, 2.24) is 9.74 Å². The van der Waals surface area contributed by atoms with E-state index >= 15 is 0 Å². The fourth-order valence-corrected chi connectivity index (χ4v) is 3.60. The normalized spacial score (nSPS) is 16.2. The predicted molar refractivity (Wildman–Crippen MR) is 117 cm³/mol. The Kier molecular flexibility index (Phi) is 8.10. The fourth-order valence-electron chi connectivity index (χ4n) is 2.89. The molecule has 0 spiro atoms. The highest BCUT2D eigenvalue weighted by Gasteiger charge is 2.30. The van der Waals surface area contributed by atoms with Crippen molar-refractivity contribution in [3.63, 3.8) is 0 Å². The highest BCUT2D eigenvalue weighted by molar-refractivity contribution is 9.18. The zero-order valence-corrected chi connectivity index (χ0v) is 18.4. The summed E-state index contributed by atoms with van der Waals surface area (Å²) < 4.78 is 6.95. The van der Waals surface area contributed by atoms with E-state index in [0.717, 1.165) is 15.5 Å². The smallest absolute Gasteiger partial charge is 0.408 e. The minimum absolute atomic E-state index is 0.102. The molecule has 7 nitrogen and oxygen atoms in total. The molecule has 1 aliphatic rings. The number of hydrogen-bond acceptors (Lipinski definition) is 5. The fraction of sp³-hybridized carbons (Fsp3) is 0.286. The monoisotopic (exact) mass is 493 g/mol. The lowest BCUT2D eigenvalue weighted by Gasteiger charge is -2.23. The van der Waals surface area contributed by atoms with Crippen LogP contribution in [-0.4, -0.2) is 39.7 Å². The van der Waals surface area contributed by atoms with Gasteiger partial charge in [0.05, 0.1) is 6.54 Å². The topological polar surface area (TPSA) is 80.2 Å². The first kappa shape index (κ1) is 22.1. The number of rotatable bonds is 8. The van der Waals surface area contributed by atoms with Gasteiger partial charge in [0.2, 0.25) is 0 Å². The molecule has 2 aromatic rings. The third-order valence-corrected chi connectivity index (χ3v) is 5.16. The number of carbonyl (C=O) groups excluding carboxylic acids is 2. The first-order chi connectivity index (χ1) is 14.5. The van der Waals surface area contributed by atoms with Gasteiger partial charge in [-0.3, -0.25) is 4.79 Å². The van der Waals surface area contributed by atoms with Gasteiger partial charge in [0.1, 0.15) is 17.3 Å². The molecule has 1 unspecified atom stereocenters. The average Bonchev–Trinajstić information content (AvgIpc) is 3.17. The van der Waals surface area contributed by atoms with Crippen molar-refractivity contribution in [2.75, 3.05) is 6.54 Å². The summed E-state index contributed by atoms with van der Waals surface area (Å²) in [7, 11) is 0. The van der Waals surface area contributed by atoms with Crippen molar-refractivity contribution >= 4 is 44.3 Å². The predicted octanol–water partition coefficient (Wildman–Crippen LogP) is 4.00. The summed E-state index contributed by atoms with van der Waals surface area (Å²) in [5.41, 5.74) is 1.73. The van der Waals surface area contributed by atoms with Gasteiger partial charge in [0, 0.05) is 24.6 Å². The van der Waals surface area contributed by atoms with Crippen molar-refractivity contribution in [1.29, 1.82) is 0 Å². The van der Waals surface area contributed by atoms with E-state index in [0.29, 0.717) is 11.0 Å². The summed E-state index contributed by atoms with van der Waals surface area (Å²) >= 11 is 9.47. The molecule has 0 bridgehead atoms. The molecule has 1 N–H and O–H groups in total. The Balaban J connectivity index is 1.61. The van der Waals surface area contributed by atoms with Crippen LogP contribution in [-0.2, 0) is 27.4 Å². The van der Waals surface area contributed by atoms with Gasteiger partial charge in [0.25, 0.3) is 5.91 Å². The largest absolute Gasteiger partial charge is 0.445 e. The van der Waals surface area contributed by atoms with E-state index in [1.807, 2.05) is 60.7 Å². The number of ether oxygens (including phenoxy) is 1. The van der Waals surface area contributed by atoms with E-state index in [2.05, 4.69) is 26.4 Å². The van der Waals surface area contributed by atoms with Crippen LogP contribution in [0.1, 0.15) is 17.5 Å². The number of oxime groups is 1. The molecule has 0 aromatic heterocycles. The molecule has 2 aromatic carbocycles. The molecule has 158 valence electrons. The maximum atomic E-state index is 12.9. The molecule has 2 atom stereocenters. The second kappa shape index (κ2) is 11.0. The van der Waals surface area contributed by atoms with Crippen LogP contribution in [0, 0.1) is 0 Å². The van der Waals surface area contributed by atoms with Gasteiger partial charge in [-0.15, -0.1) is 0 Å². The Labute approximate surface area is 188 Å². The molecular formula is C21H21BrClN3O4. The number of benzene rings is 2. The van der Waals surface area contributed by atoms with Gasteiger partial charge in [-0.1, -0.05) is 65.8 Å². The van der Waals surface area contributed by atoms with Crippen molar-refractivity contribution in [2.45, 2.75) is 31.6 Å². The Morgan fingerprint density at radius 2 is 1.80 bits per heavy atom. The Hall–Kier alpha value is -2.58. The minimum Gasteiger partial charge on any atom is -0.445 e. The first-order valence-electron chi connectivity index (χ1n) is 9.37. The molecule has 0 radical (unpaired) electrons. The number of hydrogen-bond donors (Lipinski definition) is 1. The average molecular weight is 495 g/mol. The molecular weight excluding hydrogens is 474 g/mol. The van der Waals surface area contributed by atoms with Crippen LogP contribution >= 0.6 is 27.7 Å². The Morgan fingerprint density at radius 1 is 1.17 bits per heavy atom. The summed E-state index contributed by atoms with van der Waals surface area (Å²) in [6.07, 6.45) is -0.244. The maximum Gasteiger partial charge on any atom is 0.408 e. The summed E-state index contributed by atoms with van der Waals surface area (Å²) in [6.45, 7) is 0.232. The summed E-state index contributed by atoms with van der Waals surface area (Å²) in [5, 5.41) is 6.43. The second-order valence-electron chi connectivity index (χ2n) is 6.73. The molecule has 3 rings (SSSR count). The van der Waals surface area contributed by atoms with Crippen molar-refractivity contribution in [2.24, 2.45) is 5.16 Å². The Morgan fingerprint density at radius 3 is 2.40 bits per heavy atom. The van der Waals surface area contributed by atoms with E-state index in [9.17, 15) is 9.59 Å². The highest BCUT2D eigenvalue weighted by atomic mass is 79.9. The lowest BCUT2D eigenvalue weighted by atomic mass is 10.1. The lowest BCUT2D eigenvalue weighted by molar-refractivity contribution is -0.129. The van der Waals surface area contributed by atoms with Crippen LogP contribution in [0.2, 0.25) is 0 Å². The molecule has 0 fully saturated rings. The summed E-state index contributed by atoms with van der Waals surface area (Å²) in [5.74, 6) is -0.455. The number of amides is 2. The molecule has 0 aliphatic carbocycles. The Bertz CT molecular complexity index is 882. The molecule has 0 saturated heterocycles. The number of nitrogens with one attached hydrogen (secondary N) is 1. The molecule has 1 heterocycles. The zero-order chi connectivity index (χ0) is 21.3. The van der Waals surface area contributed by atoms with Crippen LogP contribution in [0.4, 0.5) is 4.79 Å². The van der Waals surface area contributed by atoms with Crippen LogP contribution in [0.5, 0.6) is 0 Å². The van der Waals surface area contributed by atoms with Crippen molar-refractivity contribution in [3.05, 3.63) is 71.8 Å². The van der Waals surface area contributed by atoms with E-state index in [4.69, 9.17) is 21.4 Å². The lowest BCUT2D eigenvalue weighted by Crippen LogP contribution is -2.48. The number of alkyl carbamates (subject to hydrolysis) is 1. The SMILES string of the molecule is O=C(N[C@@H](Cc1ccccc1)C(=O)N(Cl)CC1CC(Br)=NO1)OCc1ccccc1. The van der Waals surface area contributed by atoms with Gasteiger partial charge in [0.15, 0.2) is 6.10 Å². The molecule has 30 heavy (non-hydrogen) atoms. The van der Waals surface area contributed by atoms with Crippen LogP contribution in [0.3, 0.4) is 0 Å². The van der Waals surface area contributed by atoms with Crippen molar-refractivity contribution in [3.8, 4) is 0 Å². The van der Waals surface area contributed by atoms with E-state index < -0.39 is 18.0 Å². The molecule has 1 aliphatic heterocycles. The van der Waals surface area contributed by atoms with Gasteiger partial charge in [-0.25, -0.2) is 9.21 Å².